The number of nitrogens with two attached hydrogens (primary N) is 1. The standard InChI is InChI=1S/C19H32N2/c1-13(2)14-7-5-6-8-17(14)21-10-9-15-16(20)11-19(3,4)12-18(15)21/h9-10,13-14,16-17H,5-8,11-12,20H2,1-4H3. The fraction of sp³-hybridized carbons (Fsp3) is 0.789. The molecule has 2 N–H and O–H groups in total. The van der Waals surface area contributed by atoms with Gasteiger partial charge < -0.3 is 10.3 Å². The van der Waals surface area contributed by atoms with Crippen molar-refractivity contribution in [1.29, 1.82) is 0 Å². The summed E-state index contributed by atoms with van der Waals surface area (Å²) >= 11 is 0. The predicted octanol–water partition coefficient (Wildman–Crippen LogP) is 4.85. The van der Waals surface area contributed by atoms with Crippen LogP contribution in [-0.4, -0.2) is 4.57 Å². The van der Waals surface area contributed by atoms with Crippen LogP contribution in [-0.2, 0) is 6.42 Å². The first-order chi connectivity index (χ1) is 9.89. The fourth-order valence-corrected chi connectivity index (χ4v) is 4.83. The third-order valence-corrected chi connectivity index (χ3v) is 5.87. The van der Waals surface area contributed by atoms with Crippen LogP contribution in [0.2, 0.25) is 0 Å². The van der Waals surface area contributed by atoms with Gasteiger partial charge in [0.05, 0.1) is 0 Å². The van der Waals surface area contributed by atoms with Gasteiger partial charge in [-0.2, -0.15) is 0 Å². The van der Waals surface area contributed by atoms with E-state index in [9.17, 15) is 0 Å². The lowest BCUT2D eigenvalue weighted by atomic mass is 9.73. The second-order valence-corrected chi connectivity index (χ2v) is 8.54. The third kappa shape index (κ3) is 2.79. The monoisotopic (exact) mass is 288 g/mol. The first-order valence-electron chi connectivity index (χ1n) is 8.84. The maximum Gasteiger partial charge on any atom is 0.0364 e. The van der Waals surface area contributed by atoms with Crippen LogP contribution in [0.3, 0.4) is 0 Å². The molecule has 2 nitrogen and oxygen atoms in total. The smallest absolute Gasteiger partial charge is 0.0364 e. The van der Waals surface area contributed by atoms with E-state index >= 15 is 0 Å². The van der Waals surface area contributed by atoms with Gasteiger partial charge in [-0.1, -0.05) is 40.5 Å². The summed E-state index contributed by atoms with van der Waals surface area (Å²) in [5.41, 5.74) is 9.74. The fourth-order valence-electron chi connectivity index (χ4n) is 4.83. The molecule has 1 heterocycles. The van der Waals surface area contributed by atoms with Crippen molar-refractivity contribution in [1.82, 2.24) is 4.57 Å². The Balaban J connectivity index is 1.96. The van der Waals surface area contributed by atoms with Crippen molar-refractivity contribution in [2.45, 2.75) is 78.3 Å². The van der Waals surface area contributed by atoms with E-state index in [1.165, 1.54) is 43.4 Å². The van der Waals surface area contributed by atoms with Crippen molar-refractivity contribution >= 4 is 0 Å². The van der Waals surface area contributed by atoms with E-state index < -0.39 is 0 Å². The number of hydrogen-bond acceptors (Lipinski definition) is 1. The van der Waals surface area contributed by atoms with Crippen molar-refractivity contribution in [3.63, 3.8) is 0 Å². The minimum absolute atomic E-state index is 0.228. The van der Waals surface area contributed by atoms with Gasteiger partial charge in [-0.3, -0.25) is 0 Å². The van der Waals surface area contributed by atoms with Crippen molar-refractivity contribution in [3.8, 4) is 0 Å². The molecule has 0 aromatic carbocycles. The Bertz CT molecular complexity index is 498. The molecule has 0 spiro atoms. The van der Waals surface area contributed by atoms with Gasteiger partial charge in [-0.25, -0.2) is 0 Å². The van der Waals surface area contributed by atoms with Gasteiger partial charge in [-0.15, -0.1) is 0 Å². The van der Waals surface area contributed by atoms with Crippen LogP contribution >= 0.6 is 0 Å². The summed E-state index contributed by atoms with van der Waals surface area (Å²) in [6, 6.07) is 3.23. The van der Waals surface area contributed by atoms with Crippen LogP contribution in [0, 0.1) is 17.3 Å². The molecule has 0 aliphatic heterocycles. The lowest BCUT2D eigenvalue weighted by Crippen LogP contribution is -2.33. The lowest BCUT2D eigenvalue weighted by molar-refractivity contribution is 0.175. The van der Waals surface area contributed by atoms with Gasteiger partial charge in [-0.05, 0) is 54.6 Å². The SMILES string of the molecule is CC(C)C1CCCCC1n1ccc2c1CC(C)(C)CC2N. The largest absolute Gasteiger partial charge is 0.348 e. The Kier molecular flexibility index (Phi) is 3.94. The normalized spacial score (nSPS) is 32.2. The number of hydrogen-bond donors (Lipinski definition) is 1. The number of fused-ring (bicyclic) bond motifs is 1. The molecular weight excluding hydrogens is 256 g/mol. The second kappa shape index (κ2) is 5.46. The lowest BCUT2D eigenvalue weighted by Gasteiger charge is -2.40. The molecule has 1 aromatic rings. The Labute approximate surface area is 130 Å². The molecule has 1 aromatic heterocycles. The predicted molar refractivity (Wildman–Crippen MR) is 89.3 cm³/mol. The van der Waals surface area contributed by atoms with Gasteiger partial charge in [0.15, 0.2) is 0 Å². The third-order valence-electron chi connectivity index (χ3n) is 5.87. The van der Waals surface area contributed by atoms with Gasteiger partial charge in [0.2, 0.25) is 0 Å². The number of nitrogens with zero attached hydrogens (tertiary/aromatic N) is 1. The van der Waals surface area contributed by atoms with Gasteiger partial charge >= 0.3 is 0 Å². The van der Waals surface area contributed by atoms with Crippen molar-refractivity contribution in [2.24, 2.45) is 23.0 Å². The van der Waals surface area contributed by atoms with Gasteiger partial charge in [0.25, 0.3) is 0 Å². The molecule has 3 rings (SSSR count). The van der Waals surface area contributed by atoms with Crippen molar-refractivity contribution in [3.05, 3.63) is 23.5 Å². The molecule has 2 heteroatoms. The quantitative estimate of drug-likeness (QED) is 0.828. The maximum absolute atomic E-state index is 6.45. The highest BCUT2D eigenvalue weighted by Gasteiger charge is 2.36. The second-order valence-electron chi connectivity index (χ2n) is 8.54. The summed E-state index contributed by atoms with van der Waals surface area (Å²) in [5, 5.41) is 0. The van der Waals surface area contributed by atoms with Crippen LogP contribution in [0.1, 0.15) is 83.1 Å². The Morgan fingerprint density at radius 1 is 1.24 bits per heavy atom. The van der Waals surface area contributed by atoms with E-state index in [0.29, 0.717) is 11.5 Å². The van der Waals surface area contributed by atoms with Crippen LogP contribution in [0.4, 0.5) is 0 Å². The van der Waals surface area contributed by atoms with E-state index in [0.717, 1.165) is 18.3 Å². The Morgan fingerprint density at radius 2 is 1.95 bits per heavy atom. The van der Waals surface area contributed by atoms with E-state index in [1.807, 2.05) is 0 Å². The summed E-state index contributed by atoms with van der Waals surface area (Å²) in [5.74, 6) is 1.61. The topological polar surface area (TPSA) is 30.9 Å². The van der Waals surface area contributed by atoms with Crippen LogP contribution in [0.15, 0.2) is 12.3 Å². The van der Waals surface area contributed by atoms with Gasteiger partial charge in [0, 0.05) is 24.0 Å². The van der Waals surface area contributed by atoms with Crippen LogP contribution in [0.5, 0.6) is 0 Å². The minimum atomic E-state index is 0.228. The molecule has 0 radical (unpaired) electrons. The molecule has 3 unspecified atom stereocenters. The van der Waals surface area contributed by atoms with Crippen LogP contribution < -0.4 is 5.73 Å². The van der Waals surface area contributed by atoms with E-state index in [4.69, 9.17) is 5.73 Å². The zero-order valence-corrected chi connectivity index (χ0v) is 14.2. The summed E-state index contributed by atoms with van der Waals surface area (Å²) in [4.78, 5) is 0. The maximum atomic E-state index is 6.45. The average molecular weight is 288 g/mol. The molecule has 0 saturated heterocycles. The highest BCUT2D eigenvalue weighted by Crippen LogP contribution is 2.44. The molecular formula is C19H32N2. The Hall–Kier alpha value is -0.760. The first-order valence-corrected chi connectivity index (χ1v) is 8.84. The molecule has 2 aliphatic carbocycles. The summed E-state index contributed by atoms with van der Waals surface area (Å²) < 4.78 is 2.62. The zero-order valence-electron chi connectivity index (χ0n) is 14.2. The minimum Gasteiger partial charge on any atom is -0.348 e. The highest BCUT2D eigenvalue weighted by molar-refractivity contribution is 5.31. The molecule has 0 bridgehead atoms. The average Bonchev–Trinajstić information content (AvgIpc) is 2.80. The molecule has 21 heavy (non-hydrogen) atoms. The van der Waals surface area contributed by atoms with Crippen molar-refractivity contribution < 1.29 is 0 Å². The Morgan fingerprint density at radius 3 is 2.67 bits per heavy atom. The zero-order chi connectivity index (χ0) is 15.2. The molecule has 118 valence electrons. The summed E-state index contributed by atoms with van der Waals surface area (Å²) in [6.07, 6.45) is 10.2. The van der Waals surface area contributed by atoms with E-state index in [1.54, 1.807) is 0 Å². The summed E-state index contributed by atoms with van der Waals surface area (Å²) in [7, 11) is 0. The number of rotatable bonds is 2. The molecule has 1 fully saturated rings. The van der Waals surface area contributed by atoms with E-state index in [2.05, 4.69) is 44.5 Å². The number of aromatic nitrogens is 1. The summed E-state index contributed by atoms with van der Waals surface area (Å²) in [6.45, 7) is 9.53. The molecule has 2 aliphatic rings. The van der Waals surface area contributed by atoms with Gasteiger partial charge in [0.1, 0.15) is 0 Å². The van der Waals surface area contributed by atoms with Crippen LogP contribution in [0.25, 0.3) is 0 Å². The molecule has 3 atom stereocenters. The van der Waals surface area contributed by atoms with E-state index in [-0.39, 0.29) is 6.04 Å². The first kappa shape index (κ1) is 15.1. The van der Waals surface area contributed by atoms with Crippen molar-refractivity contribution in [2.75, 3.05) is 0 Å². The molecule has 0 amide bonds. The highest BCUT2D eigenvalue weighted by atomic mass is 15.0. The molecule has 1 saturated carbocycles.